The lowest BCUT2D eigenvalue weighted by Crippen LogP contribution is -2.47. The number of benzene rings is 1. The van der Waals surface area contributed by atoms with E-state index in [1.807, 2.05) is 27.7 Å². The summed E-state index contributed by atoms with van der Waals surface area (Å²) in [6.07, 6.45) is 0.407. The Morgan fingerprint density at radius 1 is 1.20 bits per heavy atom. The van der Waals surface area contributed by atoms with Gasteiger partial charge in [0.2, 0.25) is 0 Å². The molecule has 1 aromatic carbocycles. The van der Waals surface area contributed by atoms with Crippen LogP contribution in [0.5, 0.6) is 0 Å². The van der Waals surface area contributed by atoms with Gasteiger partial charge in [0.05, 0.1) is 18.3 Å². The number of aliphatic hydroxyl groups is 1. The number of rotatable bonds is 2. The lowest BCUT2D eigenvalue weighted by Gasteiger charge is -2.39. The topological polar surface area (TPSA) is 76.1 Å². The van der Waals surface area contributed by atoms with Crippen LogP contribution in [0.15, 0.2) is 18.2 Å². The highest BCUT2D eigenvalue weighted by Crippen LogP contribution is 2.35. The molecule has 0 atom stereocenters. The Kier molecular flexibility index (Phi) is 5.42. The van der Waals surface area contributed by atoms with E-state index in [2.05, 4.69) is 0 Å². The summed E-state index contributed by atoms with van der Waals surface area (Å²) in [5, 5.41) is 11.1. The second-order valence-corrected chi connectivity index (χ2v) is 7.52. The van der Waals surface area contributed by atoms with E-state index in [1.165, 1.54) is 7.11 Å². The summed E-state index contributed by atoms with van der Waals surface area (Å²) in [5.41, 5.74) is 0.398. The fourth-order valence-electron chi connectivity index (χ4n) is 3.02. The smallest absolute Gasteiger partial charge is 0.410 e. The molecule has 0 spiro atoms. The quantitative estimate of drug-likeness (QED) is 0.831. The third-order valence-corrected chi connectivity index (χ3v) is 4.40. The standard InChI is InChI=1S/C19H27NO5/c1-13-6-7-14(16(21)24-5)12-15(13)19(23)8-10-20(11-9-19)17(22)25-18(2,3)4/h6-7,12,23H,8-11H2,1-5H3. The number of carbonyl (C=O) groups is 2. The molecular formula is C19H27NO5. The van der Waals surface area contributed by atoms with Gasteiger partial charge in [-0.05, 0) is 63.8 Å². The van der Waals surface area contributed by atoms with Crippen LogP contribution in [0.4, 0.5) is 4.79 Å². The van der Waals surface area contributed by atoms with Gasteiger partial charge in [0, 0.05) is 13.1 Å². The Morgan fingerprint density at radius 2 is 1.80 bits per heavy atom. The van der Waals surface area contributed by atoms with Crippen LogP contribution in [0.2, 0.25) is 0 Å². The molecule has 0 saturated carbocycles. The molecule has 0 unspecified atom stereocenters. The van der Waals surface area contributed by atoms with Crippen molar-refractivity contribution in [3.63, 3.8) is 0 Å². The zero-order valence-electron chi connectivity index (χ0n) is 15.6. The first-order chi connectivity index (χ1) is 11.6. The maximum absolute atomic E-state index is 12.2. The van der Waals surface area contributed by atoms with Crippen molar-refractivity contribution >= 4 is 12.1 Å². The first-order valence-corrected chi connectivity index (χ1v) is 8.45. The molecular weight excluding hydrogens is 322 g/mol. The number of methoxy groups -OCH3 is 1. The fraction of sp³-hybridized carbons (Fsp3) is 0.579. The summed E-state index contributed by atoms with van der Waals surface area (Å²) in [7, 11) is 1.33. The summed E-state index contributed by atoms with van der Waals surface area (Å²) >= 11 is 0. The van der Waals surface area contributed by atoms with Crippen LogP contribution in [-0.4, -0.2) is 47.9 Å². The van der Waals surface area contributed by atoms with Crippen LogP contribution in [-0.2, 0) is 15.1 Å². The summed E-state index contributed by atoms with van der Waals surface area (Å²) in [5.74, 6) is -0.434. The second-order valence-electron chi connectivity index (χ2n) is 7.52. The molecule has 6 heteroatoms. The Bertz CT molecular complexity index is 654. The minimum Gasteiger partial charge on any atom is -0.465 e. The molecule has 6 nitrogen and oxygen atoms in total. The molecule has 1 heterocycles. The number of aryl methyl sites for hydroxylation is 1. The van der Waals surface area contributed by atoms with E-state index in [-0.39, 0.29) is 6.09 Å². The maximum Gasteiger partial charge on any atom is 0.410 e. The zero-order chi connectivity index (χ0) is 18.8. The highest BCUT2D eigenvalue weighted by atomic mass is 16.6. The van der Waals surface area contributed by atoms with E-state index >= 15 is 0 Å². The molecule has 0 aliphatic carbocycles. The Labute approximate surface area is 148 Å². The van der Waals surface area contributed by atoms with Crippen molar-refractivity contribution in [2.24, 2.45) is 0 Å². The predicted octanol–water partition coefficient (Wildman–Crippen LogP) is 3.00. The zero-order valence-corrected chi connectivity index (χ0v) is 15.6. The van der Waals surface area contributed by atoms with E-state index in [0.29, 0.717) is 37.1 Å². The average molecular weight is 349 g/mol. The first-order valence-electron chi connectivity index (χ1n) is 8.45. The normalized spacial score (nSPS) is 17.1. The van der Waals surface area contributed by atoms with Crippen LogP contribution < -0.4 is 0 Å². The Morgan fingerprint density at radius 3 is 2.32 bits per heavy atom. The molecule has 0 aromatic heterocycles. The van der Waals surface area contributed by atoms with Gasteiger partial charge < -0.3 is 19.5 Å². The molecule has 1 fully saturated rings. The Balaban J connectivity index is 2.15. The van der Waals surface area contributed by atoms with Gasteiger partial charge in [0.1, 0.15) is 5.60 Å². The van der Waals surface area contributed by atoms with Crippen LogP contribution >= 0.6 is 0 Å². The molecule has 1 aromatic rings. The summed E-state index contributed by atoms with van der Waals surface area (Å²) in [4.78, 5) is 25.5. The number of amides is 1. The van der Waals surface area contributed by atoms with Gasteiger partial charge in [-0.25, -0.2) is 9.59 Å². The van der Waals surface area contributed by atoms with Gasteiger partial charge in [-0.2, -0.15) is 0 Å². The van der Waals surface area contributed by atoms with Crippen molar-refractivity contribution in [1.29, 1.82) is 0 Å². The maximum atomic E-state index is 12.2. The molecule has 0 radical (unpaired) electrons. The van der Waals surface area contributed by atoms with E-state index in [9.17, 15) is 14.7 Å². The van der Waals surface area contributed by atoms with Crippen molar-refractivity contribution in [1.82, 2.24) is 4.90 Å². The van der Waals surface area contributed by atoms with Crippen molar-refractivity contribution in [2.75, 3.05) is 20.2 Å². The first kappa shape index (κ1) is 19.2. The van der Waals surface area contributed by atoms with Crippen molar-refractivity contribution in [3.05, 3.63) is 34.9 Å². The van der Waals surface area contributed by atoms with Gasteiger partial charge in [-0.15, -0.1) is 0 Å². The van der Waals surface area contributed by atoms with Crippen LogP contribution in [0.1, 0.15) is 55.1 Å². The molecule has 1 aliphatic heterocycles. The van der Waals surface area contributed by atoms with Crippen LogP contribution in [0.25, 0.3) is 0 Å². The second kappa shape index (κ2) is 7.04. The number of likely N-dealkylation sites (tertiary alicyclic amines) is 1. The number of hydrogen-bond donors (Lipinski definition) is 1. The van der Waals surface area contributed by atoms with E-state index in [1.54, 1.807) is 23.1 Å². The molecule has 0 bridgehead atoms. The molecule has 1 N–H and O–H groups in total. The van der Waals surface area contributed by atoms with E-state index in [0.717, 1.165) is 5.56 Å². The summed E-state index contributed by atoms with van der Waals surface area (Å²) in [6, 6.07) is 5.17. The molecule has 1 aliphatic rings. The molecule has 1 saturated heterocycles. The predicted molar refractivity (Wildman–Crippen MR) is 93.5 cm³/mol. The van der Waals surface area contributed by atoms with Crippen molar-refractivity contribution in [2.45, 2.75) is 51.7 Å². The Hall–Kier alpha value is -2.08. The largest absolute Gasteiger partial charge is 0.465 e. The van der Waals surface area contributed by atoms with Crippen molar-refractivity contribution in [3.8, 4) is 0 Å². The lowest BCUT2D eigenvalue weighted by molar-refractivity contribution is -0.0359. The fourth-order valence-corrected chi connectivity index (χ4v) is 3.02. The van der Waals surface area contributed by atoms with Crippen molar-refractivity contribution < 1.29 is 24.2 Å². The minimum absolute atomic E-state index is 0.366. The number of nitrogens with zero attached hydrogens (tertiary/aromatic N) is 1. The average Bonchev–Trinajstić information content (AvgIpc) is 2.53. The third-order valence-electron chi connectivity index (χ3n) is 4.40. The SMILES string of the molecule is COC(=O)c1ccc(C)c(C2(O)CCN(C(=O)OC(C)(C)C)CC2)c1. The summed E-state index contributed by atoms with van der Waals surface area (Å²) in [6.45, 7) is 8.17. The van der Waals surface area contributed by atoms with Gasteiger partial charge in [0.15, 0.2) is 0 Å². The molecule has 138 valence electrons. The summed E-state index contributed by atoms with van der Waals surface area (Å²) < 4.78 is 10.1. The van der Waals surface area contributed by atoms with Crippen LogP contribution in [0.3, 0.4) is 0 Å². The highest BCUT2D eigenvalue weighted by molar-refractivity contribution is 5.89. The third kappa shape index (κ3) is 4.51. The number of ether oxygens (including phenoxy) is 2. The monoisotopic (exact) mass is 349 g/mol. The van der Waals surface area contributed by atoms with Crippen LogP contribution in [0, 0.1) is 6.92 Å². The molecule has 25 heavy (non-hydrogen) atoms. The van der Waals surface area contributed by atoms with E-state index < -0.39 is 17.2 Å². The van der Waals surface area contributed by atoms with Gasteiger partial charge in [-0.1, -0.05) is 6.07 Å². The molecule has 2 rings (SSSR count). The van der Waals surface area contributed by atoms with Gasteiger partial charge in [0.25, 0.3) is 0 Å². The lowest BCUT2D eigenvalue weighted by atomic mass is 9.81. The number of hydrogen-bond acceptors (Lipinski definition) is 5. The molecule has 1 amide bonds. The number of carbonyl (C=O) groups excluding carboxylic acids is 2. The van der Waals surface area contributed by atoms with E-state index in [4.69, 9.17) is 9.47 Å². The number of piperidine rings is 1. The van der Waals surface area contributed by atoms with Gasteiger partial charge >= 0.3 is 12.1 Å². The number of esters is 1. The minimum atomic E-state index is -1.08. The van der Waals surface area contributed by atoms with Gasteiger partial charge in [-0.3, -0.25) is 0 Å². The highest BCUT2D eigenvalue weighted by Gasteiger charge is 2.38.